The number of aromatic nitrogens is 3. The third-order valence-corrected chi connectivity index (χ3v) is 4.44. The molecule has 0 amide bonds. The number of hydrogen-bond donors (Lipinski definition) is 1. The molecule has 0 atom stereocenters. The molecule has 9 heteroatoms. The van der Waals surface area contributed by atoms with Gasteiger partial charge >= 0.3 is 0 Å². The van der Waals surface area contributed by atoms with Gasteiger partial charge in [-0.3, -0.25) is 10.1 Å². The Morgan fingerprint density at radius 3 is 2.60 bits per heavy atom. The SMILES string of the molecule is Cc1cc(N2CCC(Nc3ncc([N+](=O)[O-])cc3Cl)CC2)nc(C)n1. The van der Waals surface area contributed by atoms with Gasteiger partial charge in [-0.2, -0.15) is 0 Å². The van der Waals surface area contributed by atoms with Gasteiger partial charge in [-0.25, -0.2) is 15.0 Å². The zero-order chi connectivity index (χ0) is 18.0. The molecule has 3 rings (SSSR count). The van der Waals surface area contributed by atoms with Crippen molar-refractivity contribution in [3.8, 4) is 0 Å². The first-order valence-electron chi connectivity index (χ1n) is 8.06. The Balaban J connectivity index is 1.62. The van der Waals surface area contributed by atoms with Crippen LogP contribution in [0.4, 0.5) is 17.3 Å². The van der Waals surface area contributed by atoms with Gasteiger partial charge in [0.15, 0.2) is 0 Å². The fraction of sp³-hybridized carbons (Fsp3) is 0.438. The summed E-state index contributed by atoms with van der Waals surface area (Å²) in [5, 5.41) is 14.3. The van der Waals surface area contributed by atoms with E-state index in [1.165, 1.54) is 12.3 Å². The van der Waals surface area contributed by atoms with Crippen molar-refractivity contribution in [2.24, 2.45) is 0 Å². The Hall–Kier alpha value is -2.48. The van der Waals surface area contributed by atoms with Crippen LogP contribution in [-0.2, 0) is 0 Å². The standard InChI is InChI=1S/C16H19ClN6O2/c1-10-7-15(20-11(2)19-10)22-5-3-12(4-6-22)21-16-14(17)8-13(9-18-16)23(24)25/h7-9,12H,3-6H2,1-2H3,(H,18,21). The molecule has 0 aliphatic carbocycles. The Bertz CT molecular complexity index is 772. The van der Waals surface area contributed by atoms with E-state index in [4.69, 9.17) is 11.6 Å². The van der Waals surface area contributed by atoms with Crippen LogP contribution in [0.5, 0.6) is 0 Å². The molecule has 1 N–H and O–H groups in total. The smallest absolute Gasteiger partial charge is 0.289 e. The molecular weight excluding hydrogens is 344 g/mol. The molecule has 132 valence electrons. The minimum Gasteiger partial charge on any atom is -0.366 e. The summed E-state index contributed by atoms with van der Waals surface area (Å²) in [5.74, 6) is 2.21. The normalized spacial score (nSPS) is 15.2. The number of pyridine rings is 1. The highest BCUT2D eigenvalue weighted by Crippen LogP contribution is 2.27. The molecule has 8 nitrogen and oxygen atoms in total. The number of hydrogen-bond acceptors (Lipinski definition) is 7. The summed E-state index contributed by atoms with van der Waals surface area (Å²) in [4.78, 5) is 25.4. The molecule has 1 saturated heterocycles. The van der Waals surface area contributed by atoms with E-state index < -0.39 is 4.92 Å². The van der Waals surface area contributed by atoms with Crippen molar-refractivity contribution in [3.63, 3.8) is 0 Å². The number of anilines is 2. The summed E-state index contributed by atoms with van der Waals surface area (Å²) in [7, 11) is 0. The first kappa shape index (κ1) is 17.3. The fourth-order valence-electron chi connectivity index (χ4n) is 2.94. The highest BCUT2D eigenvalue weighted by molar-refractivity contribution is 6.33. The van der Waals surface area contributed by atoms with E-state index >= 15 is 0 Å². The van der Waals surface area contributed by atoms with Crippen LogP contribution in [0.2, 0.25) is 5.02 Å². The van der Waals surface area contributed by atoms with Crippen LogP contribution < -0.4 is 10.2 Å². The van der Waals surface area contributed by atoms with Crippen LogP contribution in [-0.4, -0.2) is 39.0 Å². The number of nitrogens with zero attached hydrogens (tertiary/aromatic N) is 5. The zero-order valence-corrected chi connectivity index (χ0v) is 14.8. The summed E-state index contributed by atoms with van der Waals surface area (Å²) in [6.45, 7) is 5.58. The summed E-state index contributed by atoms with van der Waals surface area (Å²) in [6.07, 6.45) is 3.02. The van der Waals surface area contributed by atoms with Crippen molar-refractivity contribution in [2.75, 3.05) is 23.3 Å². The Morgan fingerprint density at radius 2 is 2.00 bits per heavy atom. The van der Waals surface area contributed by atoms with Gasteiger partial charge in [-0.1, -0.05) is 11.6 Å². The van der Waals surface area contributed by atoms with E-state index in [2.05, 4.69) is 25.2 Å². The molecule has 2 aromatic rings. The minimum atomic E-state index is -0.507. The second-order valence-corrected chi connectivity index (χ2v) is 6.51. The lowest BCUT2D eigenvalue weighted by molar-refractivity contribution is -0.385. The van der Waals surface area contributed by atoms with Gasteiger partial charge in [-0.15, -0.1) is 0 Å². The zero-order valence-electron chi connectivity index (χ0n) is 14.1. The van der Waals surface area contributed by atoms with Crippen LogP contribution in [0.25, 0.3) is 0 Å². The van der Waals surface area contributed by atoms with Crippen LogP contribution in [0.3, 0.4) is 0 Å². The van der Waals surface area contributed by atoms with E-state index in [9.17, 15) is 10.1 Å². The Labute approximate surface area is 150 Å². The molecule has 0 saturated carbocycles. The maximum absolute atomic E-state index is 10.7. The molecule has 0 radical (unpaired) electrons. The Kier molecular flexibility index (Phi) is 4.98. The maximum Gasteiger partial charge on any atom is 0.289 e. The highest BCUT2D eigenvalue weighted by Gasteiger charge is 2.22. The van der Waals surface area contributed by atoms with Gasteiger partial charge < -0.3 is 10.2 Å². The third kappa shape index (κ3) is 4.14. The number of halogens is 1. The third-order valence-electron chi connectivity index (χ3n) is 4.15. The van der Waals surface area contributed by atoms with Crippen LogP contribution >= 0.6 is 11.6 Å². The average molecular weight is 363 g/mol. The quantitative estimate of drug-likeness (QED) is 0.659. The van der Waals surface area contributed by atoms with E-state index in [-0.39, 0.29) is 16.8 Å². The molecule has 0 bridgehead atoms. The summed E-state index contributed by atoms with van der Waals surface area (Å²) in [5.41, 5.74) is 0.851. The predicted octanol–water partition coefficient (Wildman–Crippen LogP) is 3.13. The van der Waals surface area contributed by atoms with Crippen molar-refractivity contribution >= 4 is 28.9 Å². The van der Waals surface area contributed by atoms with Crippen LogP contribution in [0.15, 0.2) is 18.3 Å². The second-order valence-electron chi connectivity index (χ2n) is 6.10. The fourth-order valence-corrected chi connectivity index (χ4v) is 3.15. The van der Waals surface area contributed by atoms with Crippen molar-refractivity contribution < 1.29 is 4.92 Å². The highest BCUT2D eigenvalue weighted by atomic mass is 35.5. The van der Waals surface area contributed by atoms with Crippen LogP contribution in [0, 0.1) is 24.0 Å². The lowest BCUT2D eigenvalue weighted by Gasteiger charge is -2.33. The molecule has 0 unspecified atom stereocenters. The van der Waals surface area contributed by atoms with Gasteiger partial charge in [0.1, 0.15) is 23.7 Å². The van der Waals surface area contributed by atoms with Gasteiger partial charge in [0.2, 0.25) is 0 Å². The van der Waals surface area contributed by atoms with E-state index in [0.717, 1.165) is 43.3 Å². The number of rotatable bonds is 4. The molecule has 0 aromatic carbocycles. The van der Waals surface area contributed by atoms with E-state index in [0.29, 0.717) is 5.82 Å². The molecule has 1 aliphatic heterocycles. The maximum atomic E-state index is 10.7. The lowest BCUT2D eigenvalue weighted by atomic mass is 10.0. The molecule has 1 fully saturated rings. The molecule has 25 heavy (non-hydrogen) atoms. The summed E-state index contributed by atoms with van der Waals surface area (Å²) < 4.78 is 0. The topological polar surface area (TPSA) is 97.1 Å². The van der Waals surface area contributed by atoms with Crippen molar-refractivity contribution in [1.82, 2.24) is 15.0 Å². The Morgan fingerprint density at radius 1 is 1.28 bits per heavy atom. The largest absolute Gasteiger partial charge is 0.366 e. The van der Waals surface area contributed by atoms with Crippen molar-refractivity contribution in [3.05, 3.63) is 45.0 Å². The van der Waals surface area contributed by atoms with Crippen molar-refractivity contribution in [1.29, 1.82) is 0 Å². The minimum absolute atomic E-state index is 0.111. The van der Waals surface area contributed by atoms with Gasteiger partial charge in [0, 0.05) is 37.0 Å². The monoisotopic (exact) mass is 362 g/mol. The van der Waals surface area contributed by atoms with Gasteiger partial charge in [-0.05, 0) is 26.7 Å². The van der Waals surface area contributed by atoms with Gasteiger partial charge in [0.05, 0.1) is 9.95 Å². The number of aryl methyl sites for hydroxylation is 2. The number of nitro groups is 1. The molecule has 3 heterocycles. The predicted molar refractivity (Wildman–Crippen MR) is 96.3 cm³/mol. The number of nitrogens with one attached hydrogen (secondary N) is 1. The summed E-state index contributed by atoms with van der Waals surface area (Å²) in [6, 6.07) is 3.53. The molecule has 0 spiro atoms. The van der Waals surface area contributed by atoms with E-state index in [1.807, 2.05) is 19.9 Å². The molecule has 1 aliphatic rings. The first-order chi connectivity index (χ1) is 11.9. The second kappa shape index (κ2) is 7.18. The number of piperidine rings is 1. The molecule has 2 aromatic heterocycles. The first-order valence-corrected chi connectivity index (χ1v) is 8.44. The molecular formula is C16H19ClN6O2. The van der Waals surface area contributed by atoms with Crippen molar-refractivity contribution in [2.45, 2.75) is 32.7 Å². The summed E-state index contributed by atoms with van der Waals surface area (Å²) >= 11 is 6.10. The average Bonchev–Trinajstić information content (AvgIpc) is 2.56. The van der Waals surface area contributed by atoms with Gasteiger partial charge in [0.25, 0.3) is 5.69 Å². The van der Waals surface area contributed by atoms with Crippen LogP contribution in [0.1, 0.15) is 24.4 Å². The van der Waals surface area contributed by atoms with E-state index in [1.54, 1.807) is 0 Å². The lowest BCUT2D eigenvalue weighted by Crippen LogP contribution is -2.39.